The van der Waals surface area contributed by atoms with Gasteiger partial charge in [-0.3, -0.25) is 0 Å². The quantitative estimate of drug-likeness (QED) is 0.255. The van der Waals surface area contributed by atoms with Crippen LogP contribution in [0.2, 0.25) is 0 Å². The fourth-order valence-corrected chi connectivity index (χ4v) is 0.493. The molecule has 1 rings (SSSR count). The highest BCUT2D eigenvalue weighted by atomic mass is 16.8. The summed E-state index contributed by atoms with van der Waals surface area (Å²) in [5, 5.41) is 0. The van der Waals surface area contributed by atoms with E-state index >= 15 is 0 Å². The van der Waals surface area contributed by atoms with Crippen molar-refractivity contribution in [1.82, 2.24) is 0 Å². The van der Waals surface area contributed by atoms with Gasteiger partial charge in [-0.15, -0.1) is 0 Å². The molecular formula is C6H10O5. The lowest BCUT2D eigenvalue weighted by molar-refractivity contribution is -0.0429. The van der Waals surface area contributed by atoms with Crippen molar-refractivity contribution in [3.05, 3.63) is 0 Å². The second-order valence-electron chi connectivity index (χ2n) is 2.04. The van der Waals surface area contributed by atoms with Crippen molar-refractivity contribution >= 4 is 6.16 Å². The third-order valence-corrected chi connectivity index (χ3v) is 1.13. The Bertz CT molecular complexity index is 131. The van der Waals surface area contributed by atoms with E-state index in [2.05, 4.69) is 9.47 Å². The number of ether oxygens (including phenoxy) is 4. The molecule has 5 heteroatoms. The average Bonchev–Trinajstić information content (AvgIpc) is 2.81. The number of methoxy groups -OCH3 is 1. The van der Waals surface area contributed by atoms with Crippen molar-refractivity contribution in [3.63, 3.8) is 0 Å². The molecule has 1 heterocycles. The summed E-state index contributed by atoms with van der Waals surface area (Å²) in [6.45, 7) is 1.13. The molecule has 64 valence electrons. The van der Waals surface area contributed by atoms with Gasteiger partial charge in [-0.25, -0.2) is 4.79 Å². The van der Waals surface area contributed by atoms with E-state index in [0.29, 0.717) is 6.61 Å². The minimum absolute atomic E-state index is 0.0769. The Morgan fingerprint density at radius 2 is 2.45 bits per heavy atom. The molecule has 0 aromatic rings. The predicted molar refractivity (Wildman–Crippen MR) is 34.0 cm³/mol. The normalized spacial score (nSPS) is 21.0. The Kier molecular flexibility index (Phi) is 3.13. The third kappa shape index (κ3) is 3.79. The Morgan fingerprint density at radius 1 is 1.73 bits per heavy atom. The van der Waals surface area contributed by atoms with Gasteiger partial charge in [-0.1, -0.05) is 0 Å². The number of epoxide rings is 1. The lowest BCUT2D eigenvalue weighted by Crippen LogP contribution is -2.10. The zero-order chi connectivity index (χ0) is 8.10. The van der Waals surface area contributed by atoms with Gasteiger partial charge in [0.1, 0.15) is 6.10 Å². The summed E-state index contributed by atoms with van der Waals surface area (Å²) in [6.07, 6.45) is -0.544. The first kappa shape index (κ1) is 8.29. The van der Waals surface area contributed by atoms with Crippen molar-refractivity contribution in [2.24, 2.45) is 0 Å². The monoisotopic (exact) mass is 162 g/mol. The van der Waals surface area contributed by atoms with Gasteiger partial charge in [0.2, 0.25) is 0 Å². The second kappa shape index (κ2) is 4.15. The largest absolute Gasteiger partial charge is 0.510 e. The summed E-state index contributed by atoms with van der Waals surface area (Å²) in [4.78, 5) is 10.3. The van der Waals surface area contributed by atoms with Crippen LogP contribution in [0.4, 0.5) is 4.79 Å². The Balaban J connectivity index is 1.82. The molecule has 1 aliphatic heterocycles. The van der Waals surface area contributed by atoms with E-state index in [1.54, 1.807) is 0 Å². The van der Waals surface area contributed by atoms with Crippen molar-refractivity contribution in [2.45, 2.75) is 6.10 Å². The van der Waals surface area contributed by atoms with E-state index in [1.165, 1.54) is 7.11 Å². The van der Waals surface area contributed by atoms with Gasteiger partial charge in [-0.2, -0.15) is 0 Å². The molecule has 1 atom stereocenters. The number of carbonyl (C=O) groups excluding carboxylic acids is 1. The van der Waals surface area contributed by atoms with Gasteiger partial charge in [-0.05, 0) is 0 Å². The first-order valence-electron chi connectivity index (χ1n) is 3.23. The molecule has 0 spiro atoms. The molecule has 1 aliphatic rings. The summed E-state index contributed by atoms with van der Waals surface area (Å²) in [5.41, 5.74) is 0. The minimum atomic E-state index is -0.735. The SMILES string of the molecule is COC(=O)OCOCC1CO1. The molecule has 5 nitrogen and oxygen atoms in total. The van der Waals surface area contributed by atoms with Crippen LogP contribution < -0.4 is 0 Å². The summed E-state index contributed by atoms with van der Waals surface area (Å²) < 4.78 is 18.4. The maximum atomic E-state index is 10.3. The van der Waals surface area contributed by atoms with Crippen LogP contribution in [-0.4, -0.2) is 39.4 Å². The molecule has 0 saturated carbocycles. The van der Waals surface area contributed by atoms with Crippen LogP contribution in [-0.2, 0) is 18.9 Å². The molecule has 0 aromatic heterocycles. The summed E-state index contributed by atoms with van der Waals surface area (Å²) >= 11 is 0. The number of hydrogen-bond donors (Lipinski definition) is 0. The van der Waals surface area contributed by atoms with Crippen molar-refractivity contribution in [1.29, 1.82) is 0 Å². The highest BCUT2D eigenvalue weighted by molar-refractivity contribution is 5.59. The second-order valence-corrected chi connectivity index (χ2v) is 2.04. The molecule has 1 fully saturated rings. The average molecular weight is 162 g/mol. The molecule has 0 radical (unpaired) electrons. The van der Waals surface area contributed by atoms with E-state index < -0.39 is 6.16 Å². The van der Waals surface area contributed by atoms with Crippen LogP contribution in [0.5, 0.6) is 0 Å². The maximum absolute atomic E-state index is 10.3. The Morgan fingerprint density at radius 3 is 3.00 bits per heavy atom. The van der Waals surface area contributed by atoms with E-state index in [1.807, 2.05) is 0 Å². The molecule has 0 bridgehead atoms. The molecule has 0 aliphatic carbocycles. The van der Waals surface area contributed by atoms with Crippen molar-refractivity contribution < 1.29 is 23.7 Å². The number of hydrogen-bond acceptors (Lipinski definition) is 5. The first-order valence-corrected chi connectivity index (χ1v) is 3.23. The Labute approximate surface area is 64.2 Å². The summed E-state index contributed by atoms with van der Waals surface area (Å²) in [5.74, 6) is 0. The standard InChI is InChI=1S/C6H10O5/c1-8-6(7)11-4-9-2-5-3-10-5/h5H,2-4H2,1H3. The molecule has 0 N–H and O–H groups in total. The zero-order valence-corrected chi connectivity index (χ0v) is 6.24. The van der Waals surface area contributed by atoms with Crippen molar-refractivity contribution in [2.75, 3.05) is 27.1 Å². The van der Waals surface area contributed by atoms with Crippen LogP contribution >= 0.6 is 0 Å². The highest BCUT2D eigenvalue weighted by Gasteiger charge is 2.22. The molecular weight excluding hydrogens is 152 g/mol. The lowest BCUT2D eigenvalue weighted by Gasteiger charge is -2.01. The first-order chi connectivity index (χ1) is 5.33. The number of carbonyl (C=O) groups is 1. The van der Waals surface area contributed by atoms with E-state index in [4.69, 9.17) is 9.47 Å². The molecule has 1 saturated heterocycles. The summed E-state index contributed by atoms with van der Waals surface area (Å²) in [7, 11) is 1.24. The predicted octanol–water partition coefficient (Wildman–Crippen LogP) is 0.142. The lowest BCUT2D eigenvalue weighted by atomic mass is 10.5. The van der Waals surface area contributed by atoms with Gasteiger partial charge < -0.3 is 18.9 Å². The van der Waals surface area contributed by atoms with Gasteiger partial charge >= 0.3 is 6.16 Å². The fourth-order valence-electron chi connectivity index (χ4n) is 0.493. The van der Waals surface area contributed by atoms with Crippen LogP contribution in [0, 0.1) is 0 Å². The van der Waals surface area contributed by atoms with Crippen LogP contribution in [0.15, 0.2) is 0 Å². The fraction of sp³-hybridized carbons (Fsp3) is 0.833. The van der Waals surface area contributed by atoms with Gasteiger partial charge in [0.05, 0.1) is 20.3 Å². The maximum Gasteiger partial charge on any atom is 0.510 e. The van der Waals surface area contributed by atoms with Crippen LogP contribution in [0.3, 0.4) is 0 Å². The third-order valence-electron chi connectivity index (χ3n) is 1.13. The molecule has 11 heavy (non-hydrogen) atoms. The van der Waals surface area contributed by atoms with Gasteiger partial charge in [0.15, 0.2) is 6.79 Å². The highest BCUT2D eigenvalue weighted by Crippen LogP contribution is 2.08. The Hall–Kier alpha value is -0.810. The van der Waals surface area contributed by atoms with Crippen LogP contribution in [0.1, 0.15) is 0 Å². The zero-order valence-electron chi connectivity index (χ0n) is 6.24. The van der Waals surface area contributed by atoms with Crippen molar-refractivity contribution in [3.8, 4) is 0 Å². The van der Waals surface area contributed by atoms with Gasteiger partial charge in [0, 0.05) is 0 Å². The van der Waals surface area contributed by atoms with E-state index in [-0.39, 0.29) is 12.9 Å². The molecule has 0 aromatic carbocycles. The van der Waals surface area contributed by atoms with Crippen LogP contribution in [0.25, 0.3) is 0 Å². The summed E-state index contributed by atoms with van der Waals surface area (Å²) in [6, 6.07) is 0. The topological polar surface area (TPSA) is 57.3 Å². The van der Waals surface area contributed by atoms with E-state index in [9.17, 15) is 4.79 Å². The minimum Gasteiger partial charge on any atom is -0.438 e. The smallest absolute Gasteiger partial charge is 0.438 e. The van der Waals surface area contributed by atoms with Gasteiger partial charge in [0.25, 0.3) is 0 Å². The number of rotatable bonds is 4. The molecule has 0 amide bonds. The molecule has 1 unspecified atom stereocenters. The van der Waals surface area contributed by atoms with E-state index in [0.717, 1.165) is 6.61 Å².